The molecule has 31 heavy (non-hydrogen) atoms. The summed E-state index contributed by atoms with van der Waals surface area (Å²) in [6.07, 6.45) is 13.2. The largest absolute Gasteiger partial charge is 0.316 e. The summed E-state index contributed by atoms with van der Waals surface area (Å²) in [6.45, 7) is 2.92. The Morgan fingerprint density at radius 1 is 1.23 bits per heavy atom. The predicted molar refractivity (Wildman–Crippen MR) is 126 cm³/mol. The molecule has 2 heterocycles. The molecule has 2 aromatic heterocycles. The van der Waals surface area contributed by atoms with E-state index >= 15 is 0 Å². The highest BCUT2D eigenvalue weighted by atomic mass is 32.2. The van der Waals surface area contributed by atoms with Crippen LogP contribution in [0.5, 0.6) is 0 Å². The minimum absolute atomic E-state index is 0.0884. The van der Waals surface area contributed by atoms with Crippen LogP contribution < -0.4 is 5.32 Å². The van der Waals surface area contributed by atoms with E-state index in [1.165, 1.54) is 55.2 Å². The zero-order chi connectivity index (χ0) is 21.6. The first-order chi connectivity index (χ1) is 15.2. The molecule has 1 fully saturated rings. The van der Waals surface area contributed by atoms with Crippen molar-refractivity contribution in [3.63, 3.8) is 0 Å². The summed E-state index contributed by atoms with van der Waals surface area (Å²) in [4.78, 5) is 13.9. The smallest absolute Gasteiger partial charge is 0.235 e. The first kappa shape index (κ1) is 22.3. The third-order valence-electron chi connectivity index (χ3n) is 6.48. The maximum atomic E-state index is 12.6. The topological polar surface area (TPSA) is 83.6 Å². The number of thioether (sulfide) groups is 1. The summed E-state index contributed by atoms with van der Waals surface area (Å²) in [5.74, 6) is 2.04. The number of nitriles is 1. The van der Waals surface area contributed by atoms with Gasteiger partial charge in [0.25, 0.3) is 0 Å². The standard InChI is InChI=1S/C23H31N5OS2/c1-2-28-20(13-12-16-8-4-3-5-9-16)26-27-23(28)30-15-21(29)25-22-18(14-24)17-10-6-7-11-19(17)31-22/h16H,2-13,15H2,1H3,(H,25,29). The van der Waals surface area contributed by atoms with Gasteiger partial charge in [-0.2, -0.15) is 5.26 Å². The van der Waals surface area contributed by atoms with Crippen LogP contribution in [0.15, 0.2) is 5.16 Å². The molecule has 1 saturated carbocycles. The number of rotatable bonds is 8. The van der Waals surface area contributed by atoms with E-state index in [2.05, 4.69) is 33.1 Å². The number of thiophene rings is 1. The minimum Gasteiger partial charge on any atom is -0.316 e. The molecule has 0 saturated heterocycles. The van der Waals surface area contributed by atoms with Gasteiger partial charge >= 0.3 is 0 Å². The van der Waals surface area contributed by atoms with Crippen LogP contribution in [0.3, 0.4) is 0 Å². The number of amides is 1. The van der Waals surface area contributed by atoms with Crippen LogP contribution in [-0.2, 0) is 30.6 Å². The lowest BCUT2D eigenvalue weighted by atomic mass is 9.86. The molecule has 0 atom stereocenters. The van der Waals surface area contributed by atoms with Gasteiger partial charge < -0.3 is 9.88 Å². The fourth-order valence-corrected chi connectivity index (χ4v) is 6.88. The van der Waals surface area contributed by atoms with Gasteiger partial charge in [0.1, 0.15) is 16.9 Å². The lowest BCUT2D eigenvalue weighted by molar-refractivity contribution is -0.113. The Morgan fingerprint density at radius 3 is 2.81 bits per heavy atom. The van der Waals surface area contributed by atoms with E-state index in [0.29, 0.717) is 10.6 Å². The molecule has 1 N–H and O–H groups in total. The second-order valence-electron chi connectivity index (χ2n) is 8.55. The van der Waals surface area contributed by atoms with Crippen molar-refractivity contribution >= 4 is 34.0 Å². The Morgan fingerprint density at radius 2 is 2.03 bits per heavy atom. The maximum Gasteiger partial charge on any atom is 0.235 e. The van der Waals surface area contributed by atoms with Gasteiger partial charge in [-0.1, -0.05) is 43.9 Å². The zero-order valence-electron chi connectivity index (χ0n) is 18.3. The summed E-state index contributed by atoms with van der Waals surface area (Å²) >= 11 is 3.00. The van der Waals surface area contributed by atoms with Crippen molar-refractivity contribution in [2.75, 3.05) is 11.1 Å². The molecule has 0 aromatic carbocycles. The normalized spacial score (nSPS) is 16.6. The number of aryl methyl sites for hydroxylation is 2. The fraction of sp³-hybridized carbons (Fsp3) is 0.652. The van der Waals surface area contributed by atoms with E-state index in [1.54, 1.807) is 11.3 Å². The molecule has 4 rings (SSSR count). The third kappa shape index (κ3) is 5.32. The zero-order valence-corrected chi connectivity index (χ0v) is 19.9. The molecule has 6 nitrogen and oxygen atoms in total. The average molecular weight is 458 g/mol. The van der Waals surface area contributed by atoms with Crippen LogP contribution in [0.4, 0.5) is 5.00 Å². The molecule has 8 heteroatoms. The monoisotopic (exact) mass is 457 g/mol. The Bertz CT molecular complexity index is 952. The van der Waals surface area contributed by atoms with Crippen LogP contribution in [0, 0.1) is 17.2 Å². The fourth-order valence-electron chi connectivity index (χ4n) is 4.80. The SMILES string of the molecule is CCn1c(CCC2CCCCC2)nnc1SCC(=O)Nc1sc2c(c1C#N)CCCC2. The first-order valence-corrected chi connectivity index (χ1v) is 13.4. The van der Waals surface area contributed by atoms with E-state index in [9.17, 15) is 10.1 Å². The lowest BCUT2D eigenvalue weighted by Crippen LogP contribution is -2.15. The van der Waals surface area contributed by atoms with Crippen molar-refractivity contribution < 1.29 is 4.79 Å². The summed E-state index contributed by atoms with van der Waals surface area (Å²) < 4.78 is 2.14. The number of hydrogen-bond acceptors (Lipinski definition) is 6. The van der Waals surface area contributed by atoms with Crippen molar-refractivity contribution in [3.8, 4) is 6.07 Å². The van der Waals surface area contributed by atoms with Gasteiger partial charge in [0.15, 0.2) is 5.16 Å². The van der Waals surface area contributed by atoms with Gasteiger partial charge in [-0.15, -0.1) is 21.5 Å². The maximum absolute atomic E-state index is 12.6. The van der Waals surface area contributed by atoms with E-state index < -0.39 is 0 Å². The summed E-state index contributed by atoms with van der Waals surface area (Å²) in [5.41, 5.74) is 1.81. The number of nitrogens with zero attached hydrogens (tertiary/aromatic N) is 4. The lowest BCUT2D eigenvalue weighted by Gasteiger charge is -2.21. The van der Waals surface area contributed by atoms with Crippen LogP contribution in [0.25, 0.3) is 0 Å². The Hall–Kier alpha value is -1.85. The highest BCUT2D eigenvalue weighted by Crippen LogP contribution is 2.37. The molecule has 0 spiro atoms. The molecule has 0 aliphatic heterocycles. The van der Waals surface area contributed by atoms with Crippen molar-refractivity contribution in [2.24, 2.45) is 5.92 Å². The molecule has 0 bridgehead atoms. The van der Waals surface area contributed by atoms with Crippen molar-refractivity contribution in [2.45, 2.75) is 89.3 Å². The van der Waals surface area contributed by atoms with E-state index in [0.717, 1.165) is 61.1 Å². The highest BCUT2D eigenvalue weighted by Gasteiger charge is 2.22. The van der Waals surface area contributed by atoms with Gasteiger partial charge in [0, 0.05) is 17.8 Å². The summed E-state index contributed by atoms with van der Waals surface area (Å²) in [7, 11) is 0. The van der Waals surface area contributed by atoms with Gasteiger partial charge in [0.05, 0.1) is 11.3 Å². The number of anilines is 1. The summed E-state index contributed by atoms with van der Waals surface area (Å²) in [5, 5.41) is 22.9. The number of nitrogens with one attached hydrogen (secondary N) is 1. The van der Waals surface area contributed by atoms with Gasteiger partial charge in [-0.05, 0) is 50.5 Å². The summed E-state index contributed by atoms with van der Waals surface area (Å²) in [6, 6.07) is 2.31. The quantitative estimate of drug-likeness (QED) is 0.540. The van der Waals surface area contributed by atoms with Crippen LogP contribution in [0.2, 0.25) is 0 Å². The van der Waals surface area contributed by atoms with E-state index in [-0.39, 0.29) is 11.7 Å². The number of hydrogen-bond donors (Lipinski definition) is 1. The molecule has 2 aliphatic rings. The number of carbonyl (C=O) groups is 1. The van der Waals surface area contributed by atoms with Gasteiger partial charge in [-0.25, -0.2) is 0 Å². The molecule has 0 unspecified atom stereocenters. The average Bonchev–Trinajstić information content (AvgIpc) is 3.36. The Kier molecular flexibility index (Phi) is 7.67. The van der Waals surface area contributed by atoms with Crippen LogP contribution in [0.1, 0.15) is 80.1 Å². The molecular formula is C23H31N5OS2. The predicted octanol–water partition coefficient (Wildman–Crippen LogP) is 5.35. The van der Waals surface area contributed by atoms with Gasteiger partial charge in [0.2, 0.25) is 5.91 Å². The second kappa shape index (κ2) is 10.6. The minimum atomic E-state index is -0.0884. The molecule has 0 radical (unpaired) electrons. The van der Waals surface area contributed by atoms with Crippen LogP contribution in [-0.4, -0.2) is 26.4 Å². The van der Waals surface area contributed by atoms with E-state index in [4.69, 9.17) is 0 Å². The Balaban J connectivity index is 1.34. The van der Waals surface area contributed by atoms with E-state index in [1.807, 2.05) is 0 Å². The van der Waals surface area contributed by atoms with Gasteiger partial charge in [-0.3, -0.25) is 4.79 Å². The molecule has 2 aliphatic carbocycles. The first-order valence-electron chi connectivity index (χ1n) is 11.6. The Labute approximate surface area is 192 Å². The number of carbonyl (C=O) groups excluding carboxylic acids is 1. The number of fused-ring (bicyclic) bond motifs is 1. The van der Waals surface area contributed by atoms with Crippen molar-refractivity contribution in [3.05, 3.63) is 21.8 Å². The van der Waals surface area contributed by atoms with Crippen LogP contribution >= 0.6 is 23.1 Å². The third-order valence-corrected chi connectivity index (χ3v) is 8.65. The highest BCUT2D eigenvalue weighted by molar-refractivity contribution is 7.99. The molecular weight excluding hydrogens is 426 g/mol. The second-order valence-corrected chi connectivity index (χ2v) is 10.6. The molecule has 166 valence electrons. The molecule has 1 amide bonds. The van der Waals surface area contributed by atoms with Crippen molar-refractivity contribution in [1.82, 2.24) is 14.8 Å². The number of aromatic nitrogens is 3. The van der Waals surface area contributed by atoms with Crippen molar-refractivity contribution in [1.29, 1.82) is 5.26 Å². The molecule has 2 aromatic rings.